The number of likely N-dealkylation sites (N-methyl/N-ethyl adjacent to an activating group) is 1. The first kappa shape index (κ1) is 17.4. The zero-order valence-corrected chi connectivity index (χ0v) is 13.5. The summed E-state index contributed by atoms with van der Waals surface area (Å²) in [6, 6.07) is 2.66. The fourth-order valence-electron chi connectivity index (χ4n) is 2.78. The van der Waals surface area contributed by atoms with Gasteiger partial charge < -0.3 is 10.6 Å². The van der Waals surface area contributed by atoms with E-state index in [4.69, 9.17) is 0 Å². The summed E-state index contributed by atoms with van der Waals surface area (Å²) in [6.45, 7) is 3.92. The van der Waals surface area contributed by atoms with E-state index in [1.807, 2.05) is 13.8 Å². The molecule has 6 heteroatoms. The van der Waals surface area contributed by atoms with Crippen LogP contribution in [0.15, 0.2) is 18.2 Å². The van der Waals surface area contributed by atoms with Crippen molar-refractivity contribution in [1.82, 2.24) is 10.6 Å². The van der Waals surface area contributed by atoms with Gasteiger partial charge in [0.2, 0.25) is 11.8 Å². The number of hydrogen-bond donors (Lipinski definition) is 2. The molecular formula is C17H22F2N2O2. The Morgan fingerprint density at radius 1 is 1.30 bits per heavy atom. The van der Waals surface area contributed by atoms with Gasteiger partial charge in [-0.25, -0.2) is 8.78 Å². The Bertz CT molecular complexity index is 604. The van der Waals surface area contributed by atoms with Crippen LogP contribution in [0.2, 0.25) is 0 Å². The van der Waals surface area contributed by atoms with Crippen molar-refractivity contribution in [2.75, 3.05) is 7.05 Å². The Labute approximate surface area is 134 Å². The van der Waals surface area contributed by atoms with Crippen molar-refractivity contribution in [3.8, 4) is 0 Å². The summed E-state index contributed by atoms with van der Waals surface area (Å²) < 4.78 is 27.0. The Morgan fingerprint density at radius 2 is 2.00 bits per heavy atom. The second kappa shape index (κ2) is 7.06. The summed E-state index contributed by atoms with van der Waals surface area (Å²) in [5.74, 6) is -2.05. The Hall–Kier alpha value is -1.98. The molecule has 2 rings (SSSR count). The van der Waals surface area contributed by atoms with E-state index in [0.29, 0.717) is 12.8 Å². The summed E-state index contributed by atoms with van der Waals surface area (Å²) in [6.07, 6.45) is 0.992. The number of benzene rings is 1. The van der Waals surface area contributed by atoms with Gasteiger partial charge in [-0.3, -0.25) is 9.59 Å². The average Bonchev–Trinajstić information content (AvgIpc) is 3.28. The number of hydrogen-bond acceptors (Lipinski definition) is 2. The molecule has 23 heavy (non-hydrogen) atoms. The van der Waals surface area contributed by atoms with E-state index in [1.165, 1.54) is 7.05 Å². The second-order valence-electron chi connectivity index (χ2n) is 6.42. The van der Waals surface area contributed by atoms with E-state index in [1.54, 1.807) is 0 Å². The average molecular weight is 324 g/mol. The fraction of sp³-hybridized carbons (Fsp3) is 0.529. The zero-order valence-electron chi connectivity index (χ0n) is 13.5. The van der Waals surface area contributed by atoms with Crippen molar-refractivity contribution in [2.45, 2.75) is 38.6 Å². The van der Waals surface area contributed by atoms with Gasteiger partial charge in [0.1, 0.15) is 17.7 Å². The highest BCUT2D eigenvalue weighted by Gasteiger charge is 2.46. The van der Waals surface area contributed by atoms with E-state index < -0.39 is 23.6 Å². The Morgan fingerprint density at radius 3 is 2.61 bits per heavy atom. The standard InChI is InChI=1S/C17H22F2N2O2/c1-9(2)6-15(17(23)20-3)21-16(22)13-8-11(13)12-7-10(18)4-5-14(12)19/h4-5,7,9,11,13,15H,6,8H2,1-3H3,(H,20,23)(H,21,22)/t11-,13-,15-/m0/s1. The molecule has 1 aromatic rings. The normalized spacial score (nSPS) is 21.0. The van der Waals surface area contributed by atoms with Gasteiger partial charge in [-0.2, -0.15) is 0 Å². The van der Waals surface area contributed by atoms with Gasteiger partial charge in [-0.1, -0.05) is 13.8 Å². The zero-order chi connectivity index (χ0) is 17.1. The van der Waals surface area contributed by atoms with Crippen molar-refractivity contribution in [3.63, 3.8) is 0 Å². The lowest BCUT2D eigenvalue weighted by Gasteiger charge is -2.19. The highest BCUT2D eigenvalue weighted by Crippen LogP contribution is 2.48. The monoisotopic (exact) mass is 324 g/mol. The summed E-state index contributed by atoms with van der Waals surface area (Å²) in [7, 11) is 1.52. The van der Waals surface area contributed by atoms with Gasteiger partial charge in [0.15, 0.2) is 0 Å². The third-order valence-electron chi connectivity index (χ3n) is 4.07. The number of rotatable bonds is 6. The Balaban J connectivity index is 2.01. The first-order chi connectivity index (χ1) is 10.8. The topological polar surface area (TPSA) is 58.2 Å². The van der Waals surface area contributed by atoms with Gasteiger partial charge >= 0.3 is 0 Å². The number of amides is 2. The Kier molecular flexibility index (Phi) is 5.34. The largest absolute Gasteiger partial charge is 0.357 e. The highest BCUT2D eigenvalue weighted by molar-refractivity contribution is 5.90. The molecule has 1 aromatic carbocycles. The van der Waals surface area contributed by atoms with Crippen LogP contribution in [0.1, 0.15) is 38.2 Å². The minimum Gasteiger partial charge on any atom is -0.357 e. The van der Waals surface area contributed by atoms with Gasteiger partial charge in [0, 0.05) is 13.0 Å². The van der Waals surface area contributed by atoms with E-state index in [9.17, 15) is 18.4 Å². The molecule has 0 spiro atoms. The maximum absolute atomic E-state index is 13.8. The SMILES string of the molecule is CNC(=O)[C@H](CC(C)C)NC(=O)[C@H]1C[C@H]1c1cc(F)ccc1F. The molecule has 0 unspecified atom stereocenters. The molecule has 0 bridgehead atoms. The maximum Gasteiger partial charge on any atom is 0.242 e. The molecule has 0 aromatic heterocycles. The van der Waals surface area contributed by atoms with Crippen LogP contribution in [0.5, 0.6) is 0 Å². The lowest BCUT2D eigenvalue weighted by atomic mass is 10.0. The van der Waals surface area contributed by atoms with Crippen LogP contribution < -0.4 is 10.6 Å². The maximum atomic E-state index is 13.8. The molecule has 0 radical (unpaired) electrons. The van der Waals surface area contributed by atoms with Crippen molar-refractivity contribution < 1.29 is 18.4 Å². The van der Waals surface area contributed by atoms with Crippen LogP contribution in [-0.4, -0.2) is 24.9 Å². The van der Waals surface area contributed by atoms with Crippen LogP contribution in [0, 0.1) is 23.5 Å². The molecule has 1 fully saturated rings. The molecule has 1 aliphatic rings. The summed E-state index contributed by atoms with van der Waals surface area (Å²) in [5, 5.41) is 5.26. The minimum atomic E-state index is -0.605. The molecule has 3 atom stereocenters. The summed E-state index contributed by atoms with van der Waals surface area (Å²) in [4.78, 5) is 24.1. The molecule has 1 aliphatic carbocycles. The highest BCUT2D eigenvalue weighted by atomic mass is 19.1. The minimum absolute atomic E-state index is 0.227. The van der Waals surface area contributed by atoms with Crippen molar-refractivity contribution in [1.29, 1.82) is 0 Å². The second-order valence-corrected chi connectivity index (χ2v) is 6.42. The summed E-state index contributed by atoms with van der Waals surface area (Å²) in [5.41, 5.74) is 0.227. The quantitative estimate of drug-likeness (QED) is 0.844. The molecule has 0 saturated heterocycles. The van der Waals surface area contributed by atoms with Crippen molar-refractivity contribution in [2.24, 2.45) is 11.8 Å². The van der Waals surface area contributed by atoms with Crippen LogP contribution in [0.25, 0.3) is 0 Å². The molecule has 2 amide bonds. The number of nitrogens with one attached hydrogen (secondary N) is 2. The van der Waals surface area contributed by atoms with Crippen molar-refractivity contribution >= 4 is 11.8 Å². The van der Waals surface area contributed by atoms with E-state index in [2.05, 4.69) is 10.6 Å². The van der Waals surface area contributed by atoms with Crippen LogP contribution in [0.4, 0.5) is 8.78 Å². The summed E-state index contributed by atoms with van der Waals surface area (Å²) >= 11 is 0. The predicted octanol–water partition coefficient (Wildman–Crippen LogP) is 2.35. The fourth-order valence-corrected chi connectivity index (χ4v) is 2.78. The van der Waals surface area contributed by atoms with Gasteiger partial charge in [0.25, 0.3) is 0 Å². The van der Waals surface area contributed by atoms with Gasteiger partial charge in [0.05, 0.1) is 0 Å². The van der Waals surface area contributed by atoms with Crippen LogP contribution in [0.3, 0.4) is 0 Å². The van der Waals surface area contributed by atoms with E-state index in [0.717, 1.165) is 18.2 Å². The lowest BCUT2D eigenvalue weighted by molar-refractivity contribution is -0.129. The molecule has 4 nitrogen and oxygen atoms in total. The number of halogens is 2. The molecule has 1 saturated carbocycles. The molecule has 126 valence electrons. The van der Waals surface area contributed by atoms with Gasteiger partial charge in [-0.15, -0.1) is 0 Å². The number of carbonyl (C=O) groups excluding carboxylic acids is 2. The molecule has 2 N–H and O–H groups in total. The van der Waals surface area contributed by atoms with Crippen LogP contribution >= 0.6 is 0 Å². The van der Waals surface area contributed by atoms with E-state index >= 15 is 0 Å². The lowest BCUT2D eigenvalue weighted by Crippen LogP contribution is -2.47. The first-order valence-electron chi connectivity index (χ1n) is 7.80. The third kappa shape index (κ3) is 4.27. The molecule has 0 heterocycles. The smallest absolute Gasteiger partial charge is 0.242 e. The van der Waals surface area contributed by atoms with E-state index in [-0.39, 0.29) is 29.2 Å². The molecular weight excluding hydrogens is 302 g/mol. The van der Waals surface area contributed by atoms with Crippen molar-refractivity contribution in [3.05, 3.63) is 35.4 Å². The first-order valence-corrected chi connectivity index (χ1v) is 7.80. The third-order valence-corrected chi connectivity index (χ3v) is 4.07. The van der Waals surface area contributed by atoms with Crippen LogP contribution in [-0.2, 0) is 9.59 Å². The van der Waals surface area contributed by atoms with Gasteiger partial charge in [-0.05, 0) is 48.4 Å². The number of carbonyl (C=O) groups is 2. The molecule has 0 aliphatic heterocycles. The predicted molar refractivity (Wildman–Crippen MR) is 82.7 cm³/mol.